The molecular weight excluding hydrogens is 254 g/mol. The first kappa shape index (κ1) is 11.8. The predicted molar refractivity (Wildman–Crippen MR) is 65.7 cm³/mol. The smallest absolute Gasteiger partial charge is 0.334 e. The molecule has 2 aromatic heterocycles. The summed E-state index contributed by atoms with van der Waals surface area (Å²) in [5.74, 6) is 0.351. The Hall–Kier alpha value is -2.25. The van der Waals surface area contributed by atoms with Crippen molar-refractivity contribution in [1.29, 1.82) is 0 Å². The molecule has 1 atom stereocenters. The number of pyridine rings is 1. The van der Waals surface area contributed by atoms with Crippen LogP contribution in [-0.4, -0.2) is 27.0 Å². The van der Waals surface area contributed by atoms with Gasteiger partial charge in [0.2, 0.25) is 0 Å². The van der Waals surface area contributed by atoms with E-state index in [0.717, 1.165) is 0 Å². The quantitative estimate of drug-likeness (QED) is 0.852. The van der Waals surface area contributed by atoms with Gasteiger partial charge >= 0.3 is 6.55 Å². The summed E-state index contributed by atoms with van der Waals surface area (Å²) in [5, 5.41) is 7.41. The number of fused-ring (bicyclic) bond motifs is 3. The molecule has 0 aliphatic carbocycles. The Morgan fingerprint density at radius 2 is 2.16 bits per heavy atom. The normalized spacial score (nSPS) is 17.5. The van der Waals surface area contributed by atoms with Crippen LogP contribution in [0.3, 0.4) is 0 Å². The maximum Gasteiger partial charge on any atom is 0.334 e. The molecule has 1 aliphatic rings. The summed E-state index contributed by atoms with van der Waals surface area (Å²) in [6.07, 6.45) is 1.53. The van der Waals surface area contributed by atoms with Gasteiger partial charge in [-0.2, -0.15) is 13.5 Å². The maximum absolute atomic E-state index is 12.9. The van der Waals surface area contributed by atoms with E-state index >= 15 is 0 Å². The fourth-order valence-corrected chi connectivity index (χ4v) is 2.44. The van der Waals surface area contributed by atoms with E-state index in [2.05, 4.69) is 15.3 Å². The number of halogens is 2. The van der Waals surface area contributed by atoms with Gasteiger partial charge in [0.1, 0.15) is 11.5 Å². The summed E-state index contributed by atoms with van der Waals surface area (Å²) >= 11 is 0. The minimum absolute atomic E-state index is 0.307. The van der Waals surface area contributed by atoms with E-state index < -0.39 is 6.55 Å². The number of nitrogens with zero attached hydrogens (tertiary/aromatic N) is 5. The van der Waals surface area contributed by atoms with Crippen LogP contribution in [-0.2, 0) is 0 Å². The zero-order chi connectivity index (χ0) is 13.7. The summed E-state index contributed by atoms with van der Waals surface area (Å²) in [5.41, 5.74) is 8.06. The second-order valence-electron chi connectivity index (χ2n) is 4.42. The predicted octanol–water partition coefficient (Wildman–Crippen LogP) is 1.83. The fraction of sp³-hybridized carbons (Fsp3) is 0.364. The summed E-state index contributed by atoms with van der Waals surface area (Å²) in [6, 6.07) is 1.40. The molecule has 19 heavy (non-hydrogen) atoms. The van der Waals surface area contributed by atoms with E-state index in [-0.39, 0.29) is 6.04 Å². The summed E-state index contributed by atoms with van der Waals surface area (Å²) in [7, 11) is 1.79. The Labute approximate surface area is 107 Å². The number of nitrogens with two attached hydrogens (primary N) is 1. The van der Waals surface area contributed by atoms with Crippen LogP contribution < -0.4 is 10.6 Å². The van der Waals surface area contributed by atoms with Crippen molar-refractivity contribution in [2.24, 2.45) is 0 Å². The van der Waals surface area contributed by atoms with Crippen LogP contribution in [0.25, 0.3) is 11.3 Å². The Balaban J connectivity index is 2.31. The van der Waals surface area contributed by atoms with Gasteiger partial charge in [-0.1, -0.05) is 5.21 Å². The third kappa shape index (κ3) is 1.49. The van der Waals surface area contributed by atoms with Gasteiger partial charge in [-0.25, -0.2) is 4.98 Å². The lowest BCUT2D eigenvalue weighted by Crippen LogP contribution is -2.29. The molecule has 0 fully saturated rings. The first-order valence-electron chi connectivity index (χ1n) is 5.73. The Kier molecular flexibility index (Phi) is 2.41. The van der Waals surface area contributed by atoms with Crippen LogP contribution in [0.1, 0.15) is 25.2 Å². The molecule has 1 unspecified atom stereocenters. The van der Waals surface area contributed by atoms with Gasteiger partial charge in [-0.15, -0.1) is 5.10 Å². The van der Waals surface area contributed by atoms with E-state index in [0.29, 0.717) is 33.1 Å². The van der Waals surface area contributed by atoms with Crippen LogP contribution in [0.2, 0.25) is 0 Å². The Morgan fingerprint density at radius 3 is 2.84 bits per heavy atom. The highest BCUT2D eigenvalue weighted by atomic mass is 19.3. The molecule has 3 heterocycles. The first-order valence-corrected chi connectivity index (χ1v) is 5.73. The molecular formula is C11H12F2N6. The van der Waals surface area contributed by atoms with Gasteiger partial charge in [0, 0.05) is 18.8 Å². The average Bonchev–Trinajstić information content (AvgIpc) is 2.80. The summed E-state index contributed by atoms with van der Waals surface area (Å²) in [6.45, 7) is -0.913. The molecule has 2 N–H and O–H groups in total. The first-order chi connectivity index (χ1) is 9.02. The largest absolute Gasteiger partial charge is 0.382 e. The van der Waals surface area contributed by atoms with Gasteiger partial charge in [0.05, 0.1) is 17.4 Å². The highest BCUT2D eigenvalue weighted by Gasteiger charge is 2.34. The van der Waals surface area contributed by atoms with E-state index in [9.17, 15) is 8.78 Å². The van der Waals surface area contributed by atoms with E-state index in [1.165, 1.54) is 6.20 Å². The van der Waals surface area contributed by atoms with E-state index in [4.69, 9.17) is 5.73 Å². The highest BCUT2D eigenvalue weighted by Crippen LogP contribution is 2.45. The Bertz CT molecular complexity index is 638. The lowest BCUT2D eigenvalue weighted by atomic mass is 9.98. The molecule has 100 valence electrons. The van der Waals surface area contributed by atoms with Crippen LogP contribution in [0.15, 0.2) is 12.3 Å². The van der Waals surface area contributed by atoms with Crippen LogP contribution in [0, 0.1) is 0 Å². The number of nitrogen functional groups attached to an aromatic ring is 1. The molecule has 0 amide bonds. The number of rotatable bonds is 1. The monoisotopic (exact) mass is 266 g/mol. The number of aromatic nitrogens is 4. The van der Waals surface area contributed by atoms with Crippen LogP contribution >= 0.6 is 0 Å². The van der Waals surface area contributed by atoms with Crippen molar-refractivity contribution < 1.29 is 8.78 Å². The Morgan fingerprint density at radius 1 is 1.42 bits per heavy atom. The standard InChI is InChI=1S/C11H12F2N6/c1-5-8-7(16-17-19(8)11(12)13)6-3-4-15-10(14)9(6)18(5)2/h3-5,11H,1-2H3,(H2,14,15). The molecule has 1 aliphatic heterocycles. The molecule has 3 rings (SSSR count). The van der Waals surface area contributed by atoms with Gasteiger partial charge < -0.3 is 10.6 Å². The zero-order valence-corrected chi connectivity index (χ0v) is 10.4. The lowest BCUT2D eigenvalue weighted by Gasteiger charge is -2.33. The lowest BCUT2D eigenvalue weighted by molar-refractivity contribution is 0.0505. The van der Waals surface area contributed by atoms with Crippen molar-refractivity contribution in [3.8, 4) is 11.3 Å². The van der Waals surface area contributed by atoms with Crippen LogP contribution in [0.4, 0.5) is 20.3 Å². The molecule has 2 aromatic rings. The van der Waals surface area contributed by atoms with Gasteiger partial charge in [0.25, 0.3) is 0 Å². The van der Waals surface area contributed by atoms with Crippen molar-refractivity contribution in [3.05, 3.63) is 18.0 Å². The van der Waals surface area contributed by atoms with E-state index in [1.54, 1.807) is 20.0 Å². The fourth-order valence-electron chi connectivity index (χ4n) is 2.44. The number of hydrogen-bond donors (Lipinski definition) is 1. The maximum atomic E-state index is 12.9. The van der Waals surface area contributed by atoms with Gasteiger partial charge in [0.15, 0.2) is 0 Å². The molecule has 0 spiro atoms. The SMILES string of the molecule is CC1c2c(nnn2C(F)F)-c2ccnc(N)c2N1C. The van der Waals surface area contributed by atoms with Gasteiger partial charge in [-0.3, -0.25) is 0 Å². The van der Waals surface area contributed by atoms with Crippen molar-refractivity contribution in [1.82, 2.24) is 20.0 Å². The molecule has 6 nitrogen and oxygen atoms in total. The topological polar surface area (TPSA) is 72.9 Å². The molecule has 8 heteroatoms. The minimum Gasteiger partial charge on any atom is -0.382 e. The van der Waals surface area contributed by atoms with Crippen molar-refractivity contribution in [2.45, 2.75) is 19.5 Å². The van der Waals surface area contributed by atoms with Crippen molar-refractivity contribution in [2.75, 3.05) is 17.7 Å². The third-order valence-corrected chi connectivity index (χ3v) is 3.45. The molecule has 0 bridgehead atoms. The molecule has 0 saturated heterocycles. The third-order valence-electron chi connectivity index (χ3n) is 3.45. The molecule has 0 aromatic carbocycles. The second kappa shape index (κ2) is 3.87. The van der Waals surface area contributed by atoms with Crippen molar-refractivity contribution in [3.63, 3.8) is 0 Å². The number of hydrogen-bond acceptors (Lipinski definition) is 5. The zero-order valence-electron chi connectivity index (χ0n) is 10.4. The second-order valence-corrected chi connectivity index (χ2v) is 4.42. The summed E-state index contributed by atoms with van der Waals surface area (Å²) < 4.78 is 26.5. The highest BCUT2D eigenvalue weighted by molar-refractivity contribution is 5.87. The number of anilines is 2. The minimum atomic E-state index is -2.71. The molecule has 0 radical (unpaired) electrons. The number of alkyl halides is 2. The summed E-state index contributed by atoms with van der Waals surface area (Å²) in [4.78, 5) is 5.83. The van der Waals surface area contributed by atoms with Crippen molar-refractivity contribution >= 4 is 11.5 Å². The van der Waals surface area contributed by atoms with E-state index in [1.807, 2.05) is 4.90 Å². The average molecular weight is 266 g/mol. The molecule has 0 saturated carbocycles. The van der Waals surface area contributed by atoms with Crippen LogP contribution in [0.5, 0.6) is 0 Å². The van der Waals surface area contributed by atoms with Gasteiger partial charge in [-0.05, 0) is 13.0 Å².